The summed E-state index contributed by atoms with van der Waals surface area (Å²) in [6.07, 6.45) is 6.07. The smallest absolute Gasteiger partial charge is 0.317 e. The van der Waals surface area contributed by atoms with Crippen LogP contribution in [0.15, 0.2) is 30.3 Å². The number of rotatable bonds is 7. The Labute approximate surface area is 139 Å². The molecule has 0 aliphatic heterocycles. The first kappa shape index (κ1) is 17.8. The molecule has 0 radical (unpaired) electrons. The lowest BCUT2D eigenvalue weighted by Crippen LogP contribution is -2.47. The molecule has 4 nitrogen and oxygen atoms in total. The van der Waals surface area contributed by atoms with E-state index in [0.717, 1.165) is 6.42 Å². The summed E-state index contributed by atoms with van der Waals surface area (Å²) in [5.74, 6) is 0.573. The summed E-state index contributed by atoms with van der Waals surface area (Å²) < 4.78 is 0. The molecule has 2 rings (SSSR count). The molecule has 0 aromatic heterocycles. The number of carbonyl (C=O) groups excluding carboxylic acids is 1. The lowest BCUT2D eigenvalue weighted by molar-refractivity contribution is 0.160. The van der Waals surface area contributed by atoms with Crippen molar-refractivity contribution in [2.75, 3.05) is 13.6 Å². The number of hydrogen-bond acceptors (Lipinski definition) is 2. The van der Waals surface area contributed by atoms with Crippen molar-refractivity contribution in [3.63, 3.8) is 0 Å². The van der Waals surface area contributed by atoms with Gasteiger partial charge in [-0.3, -0.25) is 0 Å². The maximum atomic E-state index is 12.4. The fourth-order valence-corrected chi connectivity index (χ4v) is 3.31. The number of amides is 2. The first-order chi connectivity index (χ1) is 11.1. The maximum absolute atomic E-state index is 12.4. The second-order valence-electron chi connectivity index (χ2n) is 6.85. The van der Waals surface area contributed by atoms with Gasteiger partial charge in [0.25, 0.3) is 0 Å². The van der Waals surface area contributed by atoms with Crippen molar-refractivity contribution in [3.8, 4) is 0 Å². The highest BCUT2D eigenvalue weighted by Gasteiger charge is 2.27. The summed E-state index contributed by atoms with van der Waals surface area (Å²) in [5, 5.41) is 12.6. The number of benzene rings is 1. The summed E-state index contributed by atoms with van der Waals surface area (Å²) in [5.41, 5.74) is 1.27. The molecule has 4 heteroatoms. The molecule has 0 heterocycles. The third kappa shape index (κ3) is 5.87. The van der Waals surface area contributed by atoms with Gasteiger partial charge < -0.3 is 15.3 Å². The van der Waals surface area contributed by atoms with Crippen molar-refractivity contribution < 1.29 is 9.90 Å². The monoisotopic (exact) mass is 318 g/mol. The number of hydrogen-bond donors (Lipinski definition) is 2. The van der Waals surface area contributed by atoms with E-state index in [1.54, 1.807) is 18.9 Å². The van der Waals surface area contributed by atoms with Gasteiger partial charge in [-0.05, 0) is 44.1 Å². The summed E-state index contributed by atoms with van der Waals surface area (Å²) in [6, 6.07) is 10.6. The van der Waals surface area contributed by atoms with Gasteiger partial charge in [0.05, 0.1) is 6.10 Å². The molecule has 2 atom stereocenters. The van der Waals surface area contributed by atoms with Crippen molar-refractivity contribution in [2.24, 2.45) is 5.92 Å². The van der Waals surface area contributed by atoms with Crippen LogP contribution in [-0.4, -0.2) is 41.8 Å². The van der Waals surface area contributed by atoms with Gasteiger partial charge in [-0.2, -0.15) is 0 Å². The number of urea groups is 1. The van der Waals surface area contributed by atoms with Crippen LogP contribution in [0.1, 0.15) is 44.6 Å². The fourth-order valence-electron chi connectivity index (χ4n) is 3.31. The predicted octanol–water partition coefficient (Wildman–Crippen LogP) is 3.20. The molecule has 2 unspecified atom stereocenters. The van der Waals surface area contributed by atoms with E-state index in [4.69, 9.17) is 0 Å². The zero-order chi connectivity index (χ0) is 16.7. The van der Waals surface area contributed by atoms with Crippen LogP contribution in [0.3, 0.4) is 0 Å². The highest BCUT2D eigenvalue weighted by Crippen LogP contribution is 2.29. The average Bonchev–Trinajstić information content (AvgIpc) is 3.07. The molecular formula is C19H30N2O2. The number of aliphatic hydroxyl groups excluding tert-OH is 1. The van der Waals surface area contributed by atoms with Crippen LogP contribution in [0, 0.1) is 5.92 Å². The quantitative estimate of drug-likeness (QED) is 0.811. The zero-order valence-corrected chi connectivity index (χ0v) is 14.4. The Morgan fingerprint density at radius 1 is 1.30 bits per heavy atom. The second kappa shape index (κ2) is 8.92. The third-order valence-corrected chi connectivity index (χ3v) is 4.81. The SMILES string of the molecule is CC(O)CCN(C)C(=O)NC(Cc1ccccc1)C1CCCC1. The first-order valence-electron chi connectivity index (χ1n) is 8.80. The number of carbonyl (C=O) groups is 1. The standard InChI is InChI=1S/C19H30N2O2/c1-15(22)12-13-21(2)19(23)20-18(17-10-6-7-11-17)14-16-8-4-3-5-9-16/h3-5,8-9,15,17-18,22H,6-7,10-14H2,1-2H3,(H,20,23). The van der Waals surface area contributed by atoms with Crippen LogP contribution in [0.2, 0.25) is 0 Å². The van der Waals surface area contributed by atoms with Crippen LogP contribution >= 0.6 is 0 Å². The molecule has 0 saturated heterocycles. The Kier molecular flexibility index (Phi) is 6.90. The third-order valence-electron chi connectivity index (χ3n) is 4.81. The summed E-state index contributed by atoms with van der Waals surface area (Å²) in [4.78, 5) is 14.1. The normalized spacial score (nSPS) is 17.7. The number of nitrogens with zero attached hydrogens (tertiary/aromatic N) is 1. The van der Waals surface area contributed by atoms with Crippen molar-refractivity contribution in [1.29, 1.82) is 0 Å². The van der Waals surface area contributed by atoms with E-state index in [0.29, 0.717) is 18.9 Å². The van der Waals surface area contributed by atoms with Gasteiger partial charge in [0, 0.05) is 19.6 Å². The topological polar surface area (TPSA) is 52.6 Å². The van der Waals surface area contributed by atoms with E-state index in [9.17, 15) is 9.90 Å². The molecule has 1 aromatic carbocycles. The Hall–Kier alpha value is -1.55. The molecular weight excluding hydrogens is 288 g/mol. The van der Waals surface area contributed by atoms with Crippen LogP contribution < -0.4 is 5.32 Å². The Balaban J connectivity index is 1.95. The number of nitrogens with one attached hydrogen (secondary N) is 1. The Morgan fingerprint density at radius 3 is 2.57 bits per heavy atom. The molecule has 1 fully saturated rings. The highest BCUT2D eigenvalue weighted by atomic mass is 16.3. The van der Waals surface area contributed by atoms with Crippen molar-refractivity contribution >= 4 is 6.03 Å². The van der Waals surface area contributed by atoms with Gasteiger partial charge in [0.2, 0.25) is 0 Å². The fraction of sp³-hybridized carbons (Fsp3) is 0.632. The first-order valence-corrected chi connectivity index (χ1v) is 8.80. The molecule has 2 N–H and O–H groups in total. The molecule has 1 aliphatic carbocycles. The van der Waals surface area contributed by atoms with E-state index in [2.05, 4.69) is 29.6 Å². The van der Waals surface area contributed by atoms with Gasteiger partial charge in [-0.15, -0.1) is 0 Å². The minimum Gasteiger partial charge on any atom is -0.393 e. The lowest BCUT2D eigenvalue weighted by atomic mass is 9.92. The van der Waals surface area contributed by atoms with E-state index in [-0.39, 0.29) is 18.2 Å². The molecule has 0 bridgehead atoms. The summed E-state index contributed by atoms with van der Waals surface area (Å²) in [6.45, 7) is 2.33. The minimum atomic E-state index is -0.375. The second-order valence-corrected chi connectivity index (χ2v) is 6.85. The Morgan fingerprint density at radius 2 is 1.96 bits per heavy atom. The molecule has 1 aliphatic rings. The summed E-state index contributed by atoms with van der Waals surface area (Å²) >= 11 is 0. The predicted molar refractivity (Wildman–Crippen MR) is 93.4 cm³/mol. The van der Waals surface area contributed by atoms with Crippen molar-refractivity contribution in [2.45, 2.75) is 57.6 Å². The van der Waals surface area contributed by atoms with Crippen molar-refractivity contribution in [1.82, 2.24) is 10.2 Å². The van der Waals surface area contributed by atoms with Crippen LogP contribution in [0.25, 0.3) is 0 Å². The molecule has 23 heavy (non-hydrogen) atoms. The van der Waals surface area contributed by atoms with E-state index < -0.39 is 0 Å². The molecule has 1 saturated carbocycles. The molecule has 0 spiro atoms. The molecule has 128 valence electrons. The van der Waals surface area contributed by atoms with Gasteiger partial charge >= 0.3 is 6.03 Å². The average molecular weight is 318 g/mol. The van der Waals surface area contributed by atoms with Gasteiger partial charge in [0.15, 0.2) is 0 Å². The van der Waals surface area contributed by atoms with Gasteiger partial charge in [-0.1, -0.05) is 43.2 Å². The lowest BCUT2D eigenvalue weighted by Gasteiger charge is -2.28. The van der Waals surface area contributed by atoms with E-state index >= 15 is 0 Å². The van der Waals surface area contributed by atoms with Crippen LogP contribution in [-0.2, 0) is 6.42 Å². The van der Waals surface area contributed by atoms with Crippen molar-refractivity contribution in [3.05, 3.63) is 35.9 Å². The van der Waals surface area contributed by atoms with E-state index in [1.165, 1.54) is 31.2 Å². The largest absolute Gasteiger partial charge is 0.393 e. The maximum Gasteiger partial charge on any atom is 0.317 e. The number of aliphatic hydroxyl groups is 1. The Bertz CT molecular complexity index is 470. The zero-order valence-electron chi connectivity index (χ0n) is 14.4. The van der Waals surface area contributed by atoms with Crippen LogP contribution in [0.5, 0.6) is 0 Å². The van der Waals surface area contributed by atoms with Gasteiger partial charge in [0.1, 0.15) is 0 Å². The van der Waals surface area contributed by atoms with E-state index in [1.807, 2.05) is 6.07 Å². The minimum absolute atomic E-state index is 0.0292. The summed E-state index contributed by atoms with van der Waals surface area (Å²) in [7, 11) is 1.80. The van der Waals surface area contributed by atoms with Crippen LogP contribution in [0.4, 0.5) is 4.79 Å². The molecule has 1 aromatic rings. The highest BCUT2D eigenvalue weighted by molar-refractivity contribution is 5.74. The van der Waals surface area contributed by atoms with Gasteiger partial charge in [-0.25, -0.2) is 4.79 Å². The molecule has 2 amide bonds.